The fraction of sp³-hybridized carbons (Fsp3) is 0.560. The summed E-state index contributed by atoms with van der Waals surface area (Å²) in [7, 11) is -2.56. The van der Waals surface area contributed by atoms with Crippen LogP contribution in [0.2, 0.25) is 0 Å². The van der Waals surface area contributed by atoms with Crippen LogP contribution < -0.4 is 15.9 Å². The van der Waals surface area contributed by atoms with E-state index in [9.17, 15) is 14.2 Å². The number of ether oxygens (including phenoxy) is 1. The van der Waals surface area contributed by atoms with Crippen molar-refractivity contribution >= 4 is 41.7 Å². The molecule has 0 radical (unpaired) electrons. The number of rotatable bonds is 5. The molecule has 0 unspecified atom stereocenters. The first-order valence-corrected chi connectivity index (χ1v) is 15.1. The molecule has 2 fully saturated rings. The average Bonchev–Trinajstić information content (AvgIpc) is 3.43. The van der Waals surface area contributed by atoms with Crippen LogP contribution in [0.3, 0.4) is 0 Å². The smallest absolute Gasteiger partial charge is 0.412 e. The Bertz CT molecular complexity index is 1120. The van der Waals surface area contributed by atoms with Crippen molar-refractivity contribution in [2.45, 2.75) is 76.9 Å². The van der Waals surface area contributed by atoms with Crippen LogP contribution >= 0.6 is 18.5 Å². The highest BCUT2D eigenvalue weighted by Gasteiger charge is 2.33. The van der Waals surface area contributed by atoms with Gasteiger partial charge in [-0.05, 0) is 71.4 Å². The minimum Gasteiger partial charge on any atom is -0.465 e. The predicted molar refractivity (Wildman–Crippen MR) is 140 cm³/mol. The second-order valence-electron chi connectivity index (χ2n) is 10.5. The molecule has 2 aromatic rings. The minimum atomic E-state index is -2.56. The molecule has 1 aromatic heterocycles. The summed E-state index contributed by atoms with van der Waals surface area (Å²) in [5.74, 6) is 0.305. The lowest BCUT2D eigenvalue weighted by Gasteiger charge is -2.27. The molecule has 2 heterocycles. The molecule has 4 rings (SSSR count). The molecule has 35 heavy (non-hydrogen) atoms. The van der Waals surface area contributed by atoms with Crippen LogP contribution in [-0.2, 0) is 9.30 Å². The summed E-state index contributed by atoms with van der Waals surface area (Å²) >= 11 is 1.63. The third kappa shape index (κ3) is 6.44. The van der Waals surface area contributed by atoms with Crippen molar-refractivity contribution < 1.29 is 24.0 Å². The molecule has 0 atom stereocenters. The third-order valence-electron chi connectivity index (χ3n) is 6.56. The Morgan fingerprint density at radius 3 is 2.46 bits per heavy atom. The number of anilines is 1. The van der Waals surface area contributed by atoms with Gasteiger partial charge in [-0.15, -0.1) is 11.3 Å². The molecule has 1 aromatic carbocycles. The summed E-state index contributed by atoms with van der Waals surface area (Å²) in [6.45, 7) is 5.44. The second kappa shape index (κ2) is 10.3. The van der Waals surface area contributed by atoms with Gasteiger partial charge in [-0.2, -0.15) is 0 Å². The highest BCUT2D eigenvalue weighted by atomic mass is 32.1. The van der Waals surface area contributed by atoms with E-state index in [1.807, 2.05) is 45.2 Å². The van der Waals surface area contributed by atoms with Crippen molar-refractivity contribution in [1.82, 2.24) is 10.3 Å². The molecule has 0 bridgehead atoms. The van der Waals surface area contributed by atoms with E-state index in [4.69, 9.17) is 14.8 Å². The van der Waals surface area contributed by atoms with E-state index in [0.29, 0.717) is 23.9 Å². The zero-order valence-corrected chi connectivity index (χ0v) is 22.2. The van der Waals surface area contributed by atoms with E-state index >= 15 is 0 Å². The van der Waals surface area contributed by atoms with Gasteiger partial charge in [0.15, 0.2) is 0 Å². The maximum Gasteiger partial charge on any atom is 0.412 e. The fourth-order valence-corrected chi connectivity index (χ4v) is 9.31. The van der Waals surface area contributed by atoms with Gasteiger partial charge in [-0.1, -0.05) is 6.07 Å². The van der Waals surface area contributed by atoms with Crippen molar-refractivity contribution in [3.05, 3.63) is 29.4 Å². The van der Waals surface area contributed by atoms with Crippen LogP contribution in [-0.4, -0.2) is 46.2 Å². The standard InChI is InChI=1S/C25H34N3O5PS/c1-25(2,3)33-24(31)28-18-10-11-19(20(14-18)34(32)12-4-5-13-34)21-15-26-22(35-21)16-6-8-17(9-7-16)27-23(29)30/h10-11,14-17,27H,4-9,12-13H2,1-3H3,(H,28,31)(H,29,30). The number of thiazole rings is 1. The molecule has 2 aliphatic rings. The molecule has 1 aliphatic carbocycles. The number of nitrogens with zero attached hydrogens (tertiary/aromatic N) is 1. The van der Waals surface area contributed by atoms with Crippen LogP contribution in [0.25, 0.3) is 10.4 Å². The van der Waals surface area contributed by atoms with Gasteiger partial charge in [0.25, 0.3) is 0 Å². The lowest BCUT2D eigenvalue weighted by atomic mass is 9.86. The van der Waals surface area contributed by atoms with Gasteiger partial charge < -0.3 is 19.7 Å². The zero-order chi connectivity index (χ0) is 25.2. The molecule has 0 spiro atoms. The van der Waals surface area contributed by atoms with Gasteiger partial charge >= 0.3 is 12.2 Å². The van der Waals surface area contributed by atoms with Gasteiger partial charge in [-0.3, -0.25) is 5.32 Å². The Labute approximate surface area is 210 Å². The van der Waals surface area contributed by atoms with Crippen molar-refractivity contribution in [2.24, 2.45) is 0 Å². The first kappa shape index (κ1) is 25.7. The second-order valence-corrected chi connectivity index (χ2v) is 14.7. The normalized spacial score (nSPS) is 21.9. The number of aromatic nitrogens is 1. The first-order chi connectivity index (χ1) is 16.5. The number of carboxylic acid groups (broad SMARTS) is 1. The third-order valence-corrected chi connectivity index (χ3v) is 11.1. The number of hydrogen-bond donors (Lipinski definition) is 3. The summed E-state index contributed by atoms with van der Waals surface area (Å²) in [4.78, 5) is 28.9. The Kier molecular flexibility index (Phi) is 7.57. The summed E-state index contributed by atoms with van der Waals surface area (Å²) in [5.41, 5.74) is 0.900. The van der Waals surface area contributed by atoms with Gasteiger partial charge in [0, 0.05) is 47.0 Å². The van der Waals surface area contributed by atoms with Gasteiger partial charge in [0.2, 0.25) is 0 Å². The molecule has 190 valence electrons. The molecule has 2 amide bonds. The molecular formula is C25H34N3O5PS. The van der Waals surface area contributed by atoms with E-state index in [2.05, 4.69) is 10.6 Å². The molecule has 1 aliphatic heterocycles. The summed E-state index contributed by atoms with van der Waals surface area (Å²) in [6, 6.07) is 5.62. The lowest BCUT2D eigenvalue weighted by molar-refractivity contribution is 0.0636. The van der Waals surface area contributed by atoms with Crippen LogP contribution in [0.1, 0.15) is 70.2 Å². The molecule has 1 saturated carbocycles. The van der Waals surface area contributed by atoms with Gasteiger partial charge in [-0.25, -0.2) is 14.6 Å². The summed E-state index contributed by atoms with van der Waals surface area (Å²) < 4.78 is 19.3. The van der Waals surface area contributed by atoms with E-state index in [1.54, 1.807) is 11.3 Å². The number of carbonyl (C=O) groups is 2. The zero-order valence-electron chi connectivity index (χ0n) is 20.5. The van der Waals surface area contributed by atoms with Crippen LogP contribution in [0.15, 0.2) is 24.4 Å². The quantitative estimate of drug-likeness (QED) is 0.403. The lowest BCUT2D eigenvalue weighted by Crippen LogP contribution is -2.36. The number of nitrogens with one attached hydrogen (secondary N) is 2. The van der Waals surface area contributed by atoms with E-state index in [-0.39, 0.29) is 6.04 Å². The maximum atomic E-state index is 13.9. The first-order valence-electron chi connectivity index (χ1n) is 12.2. The summed E-state index contributed by atoms with van der Waals surface area (Å²) in [5, 5.41) is 16.2. The summed E-state index contributed by atoms with van der Waals surface area (Å²) in [6.07, 6.45) is 7.01. The molecular weight excluding hydrogens is 485 g/mol. The van der Waals surface area contributed by atoms with Gasteiger partial charge in [0.1, 0.15) is 12.7 Å². The van der Waals surface area contributed by atoms with E-state index < -0.39 is 24.9 Å². The average molecular weight is 520 g/mol. The highest BCUT2D eigenvalue weighted by molar-refractivity contribution is 7.72. The largest absolute Gasteiger partial charge is 0.465 e. The number of carbonyl (C=O) groups excluding carboxylic acids is 1. The predicted octanol–water partition coefficient (Wildman–Crippen LogP) is 6.23. The monoisotopic (exact) mass is 519 g/mol. The van der Waals surface area contributed by atoms with Crippen LogP contribution in [0, 0.1) is 0 Å². The number of benzene rings is 1. The number of hydrogen-bond acceptors (Lipinski definition) is 6. The fourth-order valence-electron chi connectivity index (χ4n) is 4.92. The topological polar surface area (TPSA) is 118 Å². The SMILES string of the molecule is CC(C)(C)OC(=O)Nc1ccc(-c2cnc(C3CCC(NC(=O)O)CC3)s2)c(P2(=O)CCCC2)c1. The van der Waals surface area contributed by atoms with Crippen molar-refractivity contribution in [2.75, 3.05) is 17.6 Å². The molecule has 1 saturated heterocycles. The van der Waals surface area contributed by atoms with Gasteiger partial charge in [0.05, 0.1) is 9.88 Å². The molecule has 8 nitrogen and oxygen atoms in total. The van der Waals surface area contributed by atoms with Crippen molar-refractivity contribution in [3.8, 4) is 10.4 Å². The number of amides is 2. The Hall–Kier alpha value is -2.38. The van der Waals surface area contributed by atoms with E-state index in [0.717, 1.165) is 59.3 Å². The minimum absolute atomic E-state index is 0.00675. The van der Waals surface area contributed by atoms with Crippen LogP contribution in [0.5, 0.6) is 0 Å². The Balaban J connectivity index is 1.57. The Morgan fingerprint density at radius 1 is 1.14 bits per heavy atom. The van der Waals surface area contributed by atoms with E-state index in [1.165, 1.54) is 0 Å². The molecule has 3 N–H and O–H groups in total. The van der Waals surface area contributed by atoms with Crippen LogP contribution in [0.4, 0.5) is 15.3 Å². The van der Waals surface area contributed by atoms with Crippen molar-refractivity contribution in [1.29, 1.82) is 0 Å². The highest BCUT2D eigenvalue weighted by Crippen LogP contribution is 2.53. The molecule has 10 heteroatoms. The van der Waals surface area contributed by atoms with Crippen molar-refractivity contribution in [3.63, 3.8) is 0 Å². The maximum absolute atomic E-state index is 13.9. The Morgan fingerprint density at radius 2 is 1.83 bits per heavy atom.